The third-order valence-electron chi connectivity index (χ3n) is 3.45. The van der Waals surface area contributed by atoms with Gasteiger partial charge in [-0.25, -0.2) is 0 Å². The van der Waals surface area contributed by atoms with Crippen LogP contribution in [0.2, 0.25) is 0 Å². The second-order valence-corrected chi connectivity index (χ2v) is 4.74. The first kappa shape index (κ1) is 9.00. The molecule has 0 aromatic rings. The van der Waals surface area contributed by atoms with Crippen molar-refractivity contribution in [2.24, 2.45) is 5.41 Å². The zero-order chi connectivity index (χ0) is 9.47. The molecule has 1 saturated carbocycles. The van der Waals surface area contributed by atoms with Crippen molar-refractivity contribution in [1.29, 1.82) is 0 Å². The molecule has 0 spiro atoms. The first-order valence-electron chi connectivity index (χ1n) is 5.14. The van der Waals surface area contributed by atoms with Crippen LogP contribution >= 0.6 is 0 Å². The molecule has 2 rings (SSSR count). The second-order valence-electron chi connectivity index (χ2n) is 4.74. The minimum atomic E-state index is 0.241. The summed E-state index contributed by atoms with van der Waals surface area (Å²) in [5.74, 6) is 0.264. The van der Waals surface area contributed by atoms with Gasteiger partial charge in [0.25, 0.3) is 0 Å². The van der Waals surface area contributed by atoms with Crippen molar-refractivity contribution in [3.8, 4) is 0 Å². The van der Waals surface area contributed by atoms with E-state index in [0.717, 1.165) is 6.54 Å². The van der Waals surface area contributed by atoms with Crippen molar-refractivity contribution in [3.05, 3.63) is 0 Å². The average molecular weight is 182 g/mol. The lowest BCUT2D eigenvalue weighted by Crippen LogP contribution is -2.45. The van der Waals surface area contributed by atoms with Crippen molar-refractivity contribution < 1.29 is 4.79 Å². The van der Waals surface area contributed by atoms with E-state index >= 15 is 0 Å². The average Bonchev–Trinajstić information content (AvgIpc) is 2.33. The number of rotatable bonds is 2. The van der Waals surface area contributed by atoms with E-state index < -0.39 is 0 Å². The molecule has 74 valence electrons. The van der Waals surface area contributed by atoms with E-state index in [9.17, 15) is 4.79 Å². The fourth-order valence-corrected chi connectivity index (χ4v) is 2.24. The molecule has 1 heterocycles. The number of hydrogen-bond donors (Lipinski definition) is 1. The molecule has 13 heavy (non-hydrogen) atoms. The largest absolute Gasteiger partial charge is 0.326 e. The summed E-state index contributed by atoms with van der Waals surface area (Å²) in [4.78, 5) is 13.5. The molecule has 1 aliphatic heterocycles. The van der Waals surface area contributed by atoms with Crippen LogP contribution < -0.4 is 5.32 Å². The minimum Gasteiger partial charge on any atom is -0.326 e. The van der Waals surface area contributed by atoms with E-state index in [2.05, 4.69) is 19.2 Å². The van der Waals surface area contributed by atoms with Crippen LogP contribution in [0.15, 0.2) is 0 Å². The highest BCUT2D eigenvalue weighted by Crippen LogP contribution is 2.41. The predicted molar refractivity (Wildman–Crippen MR) is 51.1 cm³/mol. The highest BCUT2D eigenvalue weighted by Gasteiger charge is 2.38. The van der Waals surface area contributed by atoms with E-state index in [0.29, 0.717) is 12.0 Å². The van der Waals surface area contributed by atoms with Gasteiger partial charge in [-0.15, -0.1) is 0 Å². The Morgan fingerprint density at radius 2 is 2.31 bits per heavy atom. The van der Waals surface area contributed by atoms with Crippen LogP contribution in [0.25, 0.3) is 0 Å². The normalized spacial score (nSPS) is 32.0. The lowest BCUT2D eigenvalue weighted by Gasteiger charge is -2.42. The Kier molecular flexibility index (Phi) is 2.06. The molecule has 0 aromatic heterocycles. The summed E-state index contributed by atoms with van der Waals surface area (Å²) < 4.78 is 0. The highest BCUT2D eigenvalue weighted by atomic mass is 16.2. The van der Waals surface area contributed by atoms with E-state index in [1.807, 2.05) is 4.90 Å². The molecule has 2 aliphatic rings. The van der Waals surface area contributed by atoms with Gasteiger partial charge in [-0.05, 0) is 25.2 Å². The van der Waals surface area contributed by atoms with Gasteiger partial charge >= 0.3 is 0 Å². The smallest absolute Gasteiger partial charge is 0.237 e. The van der Waals surface area contributed by atoms with Crippen LogP contribution in [0.4, 0.5) is 0 Å². The molecule has 1 amide bonds. The monoisotopic (exact) mass is 182 g/mol. The third kappa shape index (κ3) is 1.57. The van der Waals surface area contributed by atoms with Gasteiger partial charge in [-0.2, -0.15) is 0 Å². The zero-order valence-corrected chi connectivity index (χ0v) is 8.47. The van der Waals surface area contributed by atoms with E-state index in [1.165, 1.54) is 19.3 Å². The van der Waals surface area contributed by atoms with Gasteiger partial charge in [-0.3, -0.25) is 10.1 Å². The molecular weight excluding hydrogens is 164 g/mol. The molecule has 0 bridgehead atoms. The second kappa shape index (κ2) is 2.98. The van der Waals surface area contributed by atoms with E-state index in [4.69, 9.17) is 0 Å². The maximum atomic E-state index is 11.5. The van der Waals surface area contributed by atoms with E-state index in [-0.39, 0.29) is 12.1 Å². The molecule has 1 N–H and O–H groups in total. The molecule has 1 saturated heterocycles. The quantitative estimate of drug-likeness (QED) is 0.689. The molecule has 0 radical (unpaired) electrons. The number of carbonyl (C=O) groups excluding carboxylic acids is 1. The first-order chi connectivity index (χ1) is 6.11. The summed E-state index contributed by atoms with van der Waals surface area (Å²) in [6.45, 7) is 5.82. The topological polar surface area (TPSA) is 32.3 Å². The third-order valence-corrected chi connectivity index (χ3v) is 3.45. The fourth-order valence-electron chi connectivity index (χ4n) is 2.24. The van der Waals surface area contributed by atoms with Gasteiger partial charge in [0.15, 0.2) is 0 Å². The van der Waals surface area contributed by atoms with Crippen molar-refractivity contribution in [3.63, 3.8) is 0 Å². The van der Waals surface area contributed by atoms with Crippen LogP contribution in [-0.4, -0.2) is 30.1 Å². The summed E-state index contributed by atoms with van der Waals surface area (Å²) in [5, 5.41) is 3.17. The van der Waals surface area contributed by atoms with Gasteiger partial charge in [0, 0.05) is 6.54 Å². The molecule has 2 fully saturated rings. The summed E-state index contributed by atoms with van der Waals surface area (Å²) in [7, 11) is 0. The highest BCUT2D eigenvalue weighted by molar-refractivity contribution is 5.80. The Labute approximate surface area is 79.5 Å². The van der Waals surface area contributed by atoms with Crippen molar-refractivity contribution in [1.82, 2.24) is 10.2 Å². The Hall–Kier alpha value is -0.570. The molecule has 3 nitrogen and oxygen atoms in total. The van der Waals surface area contributed by atoms with Gasteiger partial charge in [0.1, 0.15) is 0 Å². The Bertz CT molecular complexity index is 223. The van der Waals surface area contributed by atoms with Crippen molar-refractivity contribution in [2.45, 2.75) is 39.3 Å². The van der Waals surface area contributed by atoms with Gasteiger partial charge in [-0.1, -0.05) is 13.3 Å². The molecule has 0 aromatic carbocycles. The SMILES string of the molecule is CC1NCC(=O)N1CC1(C)CCC1. The van der Waals surface area contributed by atoms with Crippen LogP contribution in [0.5, 0.6) is 0 Å². The molecular formula is C10H18N2O. The maximum Gasteiger partial charge on any atom is 0.237 e. The first-order valence-corrected chi connectivity index (χ1v) is 5.14. The molecule has 1 aliphatic carbocycles. The number of nitrogens with one attached hydrogen (secondary N) is 1. The number of nitrogens with zero attached hydrogens (tertiary/aromatic N) is 1. The number of carbonyl (C=O) groups is 1. The van der Waals surface area contributed by atoms with Crippen molar-refractivity contribution >= 4 is 5.91 Å². The summed E-state index contributed by atoms with van der Waals surface area (Å²) >= 11 is 0. The fraction of sp³-hybridized carbons (Fsp3) is 0.900. The Morgan fingerprint density at radius 3 is 2.69 bits per heavy atom. The van der Waals surface area contributed by atoms with Crippen LogP contribution in [-0.2, 0) is 4.79 Å². The summed E-state index contributed by atoms with van der Waals surface area (Å²) in [6.07, 6.45) is 4.14. The molecule has 1 atom stereocenters. The van der Waals surface area contributed by atoms with Crippen molar-refractivity contribution in [2.75, 3.05) is 13.1 Å². The zero-order valence-electron chi connectivity index (χ0n) is 8.47. The van der Waals surface area contributed by atoms with Gasteiger partial charge in [0.2, 0.25) is 5.91 Å². The van der Waals surface area contributed by atoms with Crippen LogP contribution in [0, 0.1) is 5.41 Å². The van der Waals surface area contributed by atoms with Gasteiger partial charge < -0.3 is 4.90 Å². The maximum absolute atomic E-state index is 11.5. The Morgan fingerprint density at radius 1 is 1.62 bits per heavy atom. The molecule has 3 heteroatoms. The lowest BCUT2D eigenvalue weighted by atomic mass is 9.70. The summed E-state index contributed by atoms with van der Waals surface area (Å²) in [6, 6.07) is 0. The molecule has 1 unspecified atom stereocenters. The number of hydrogen-bond acceptors (Lipinski definition) is 2. The summed E-state index contributed by atoms with van der Waals surface area (Å²) in [5.41, 5.74) is 0.413. The van der Waals surface area contributed by atoms with E-state index in [1.54, 1.807) is 0 Å². The number of amides is 1. The van der Waals surface area contributed by atoms with Crippen LogP contribution in [0.3, 0.4) is 0 Å². The van der Waals surface area contributed by atoms with Gasteiger partial charge in [0.05, 0.1) is 12.7 Å². The predicted octanol–water partition coefficient (Wildman–Crippen LogP) is 0.954. The lowest BCUT2D eigenvalue weighted by molar-refractivity contribution is -0.130. The standard InChI is InChI=1S/C10H18N2O/c1-8-11-6-9(13)12(8)7-10(2)4-3-5-10/h8,11H,3-7H2,1-2H3. The van der Waals surface area contributed by atoms with Crippen LogP contribution in [0.1, 0.15) is 33.1 Å². The minimum absolute atomic E-state index is 0.241. The Balaban J connectivity index is 1.96.